The first-order valence-corrected chi connectivity index (χ1v) is 11.0. The topological polar surface area (TPSA) is 73.8 Å². The summed E-state index contributed by atoms with van der Waals surface area (Å²) in [5, 5.41) is 24.0. The molecule has 0 spiro atoms. The number of nitrogens with one attached hydrogen (secondary N) is 2. The van der Waals surface area contributed by atoms with Crippen LogP contribution in [0.25, 0.3) is 32.6 Å². The van der Waals surface area contributed by atoms with Crippen LogP contribution in [0.1, 0.15) is 17.3 Å². The molecule has 3 N–H and O–H groups in total. The number of pyridine rings is 1. The monoisotopic (exact) mass is 426 g/mol. The zero-order valence-corrected chi connectivity index (χ0v) is 17.9. The van der Waals surface area contributed by atoms with Gasteiger partial charge in [0.05, 0.1) is 40.6 Å². The van der Waals surface area contributed by atoms with Crippen LogP contribution in [0.3, 0.4) is 0 Å². The SMILES string of the molecule is Cc1[nH]nc2ccc(-c3cc(N[C@@H](CO)c4ccccc4)cnc3-c3cccs3)cc12. The van der Waals surface area contributed by atoms with Gasteiger partial charge in [-0.15, -0.1) is 11.3 Å². The molecule has 5 rings (SSSR count). The van der Waals surface area contributed by atoms with Crippen LogP contribution in [-0.2, 0) is 0 Å². The molecular weight excluding hydrogens is 404 g/mol. The second-order valence-corrected chi connectivity index (χ2v) is 8.42. The normalized spacial score (nSPS) is 12.2. The first-order chi connectivity index (χ1) is 15.2. The van der Waals surface area contributed by atoms with Crippen LogP contribution < -0.4 is 5.32 Å². The smallest absolute Gasteiger partial charge is 0.0924 e. The van der Waals surface area contributed by atoms with Gasteiger partial charge in [0.25, 0.3) is 0 Å². The molecule has 154 valence electrons. The van der Waals surface area contributed by atoms with Crippen LogP contribution in [0.2, 0.25) is 0 Å². The molecule has 31 heavy (non-hydrogen) atoms. The fraction of sp³-hybridized carbons (Fsp3) is 0.120. The highest BCUT2D eigenvalue weighted by Crippen LogP contribution is 2.36. The molecule has 0 aliphatic rings. The van der Waals surface area contributed by atoms with E-state index in [0.29, 0.717) is 0 Å². The first kappa shape index (κ1) is 19.5. The Kier molecular flexibility index (Phi) is 5.24. The highest BCUT2D eigenvalue weighted by molar-refractivity contribution is 7.13. The van der Waals surface area contributed by atoms with E-state index in [0.717, 1.165) is 49.5 Å². The second kappa shape index (κ2) is 8.34. The van der Waals surface area contributed by atoms with Gasteiger partial charge in [-0.3, -0.25) is 10.1 Å². The van der Waals surface area contributed by atoms with E-state index in [1.54, 1.807) is 11.3 Å². The Balaban J connectivity index is 1.59. The maximum Gasteiger partial charge on any atom is 0.0924 e. The van der Waals surface area contributed by atoms with Crippen molar-refractivity contribution in [2.24, 2.45) is 0 Å². The summed E-state index contributed by atoms with van der Waals surface area (Å²) in [6, 6.07) is 22.3. The Labute approximate surface area is 184 Å². The van der Waals surface area contributed by atoms with Crippen molar-refractivity contribution in [3.8, 4) is 21.7 Å². The average Bonchev–Trinajstić information content (AvgIpc) is 3.48. The molecular formula is C25H22N4OS. The number of aryl methyl sites for hydroxylation is 1. The summed E-state index contributed by atoms with van der Waals surface area (Å²) >= 11 is 1.67. The number of H-pyrrole nitrogens is 1. The Morgan fingerprint density at radius 2 is 1.94 bits per heavy atom. The third-order valence-electron chi connectivity index (χ3n) is 5.42. The van der Waals surface area contributed by atoms with Crippen LogP contribution in [-0.4, -0.2) is 26.9 Å². The summed E-state index contributed by atoms with van der Waals surface area (Å²) in [5.41, 5.74) is 6.95. The number of aromatic nitrogens is 3. The molecule has 2 aromatic carbocycles. The standard InChI is InChI=1S/C25H22N4OS/c1-16-20-12-18(9-10-22(20)29-28-16)21-13-19(14-26-25(21)24-8-5-11-31-24)27-23(15-30)17-6-3-2-4-7-17/h2-14,23,27,30H,15H2,1H3,(H,28,29)/t23-/m0/s1. The molecule has 5 aromatic rings. The van der Waals surface area contributed by atoms with Gasteiger partial charge in [-0.2, -0.15) is 5.10 Å². The molecule has 5 nitrogen and oxygen atoms in total. The fourth-order valence-electron chi connectivity index (χ4n) is 3.80. The summed E-state index contributed by atoms with van der Waals surface area (Å²) in [4.78, 5) is 5.93. The lowest BCUT2D eigenvalue weighted by molar-refractivity contribution is 0.276. The van der Waals surface area contributed by atoms with Gasteiger partial charge in [0.2, 0.25) is 0 Å². The Morgan fingerprint density at radius 1 is 1.06 bits per heavy atom. The predicted octanol–water partition coefficient (Wildman–Crippen LogP) is 5.81. The van der Waals surface area contributed by atoms with Crippen molar-refractivity contribution in [3.63, 3.8) is 0 Å². The van der Waals surface area contributed by atoms with Crippen LogP contribution in [0.15, 0.2) is 78.3 Å². The zero-order valence-electron chi connectivity index (χ0n) is 17.0. The number of hydrogen-bond acceptors (Lipinski definition) is 5. The van der Waals surface area contributed by atoms with Crippen molar-refractivity contribution >= 4 is 27.9 Å². The van der Waals surface area contributed by atoms with Crippen LogP contribution in [0.5, 0.6) is 0 Å². The van der Waals surface area contributed by atoms with Gasteiger partial charge in [0.15, 0.2) is 0 Å². The molecule has 0 aliphatic carbocycles. The quantitative estimate of drug-likeness (QED) is 0.320. The van der Waals surface area contributed by atoms with E-state index in [1.807, 2.05) is 55.6 Å². The molecule has 0 aliphatic heterocycles. The molecule has 3 heterocycles. The average molecular weight is 427 g/mol. The fourth-order valence-corrected chi connectivity index (χ4v) is 4.54. The molecule has 0 saturated carbocycles. The number of aliphatic hydroxyl groups is 1. The maximum absolute atomic E-state index is 9.97. The van der Waals surface area contributed by atoms with Gasteiger partial charge in [0.1, 0.15) is 0 Å². The molecule has 0 fully saturated rings. The van der Waals surface area contributed by atoms with Gasteiger partial charge < -0.3 is 10.4 Å². The number of hydrogen-bond donors (Lipinski definition) is 3. The summed E-state index contributed by atoms with van der Waals surface area (Å²) in [5.74, 6) is 0. The van der Waals surface area contributed by atoms with Crippen molar-refractivity contribution in [2.45, 2.75) is 13.0 Å². The van der Waals surface area contributed by atoms with Crippen molar-refractivity contribution in [1.82, 2.24) is 15.2 Å². The lowest BCUT2D eigenvalue weighted by atomic mass is 10.00. The van der Waals surface area contributed by atoms with Crippen molar-refractivity contribution < 1.29 is 5.11 Å². The largest absolute Gasteiger partial charge is 0.394 e. The molecule has 1 atom stereocenters. The molecule has 0 amide bonds. The van der Waals surface area contributed by atoms with Gasteiger partial charge in [0, 0.05) is 16.6 Å². The van der Waals surface area contributed by atoms with Gasteiger partial charge >= 0.3 is 0 Å². The summed E-state index contributed by atoms with van der Waals surface area (Å²) in [6.07, 6.45) is 1.84. The summed E-state index contributed by atoms with van der Waals surface area (Å²) in [6.45, 7) is 2.02. The minimum Gasteiger partial charge on any atom is -0.394 e. The number of aromatic amines is 1. The number of aliphatic hydroxyl groups excluding tert-OH is 1. The highest BCUT2D eigenvalue weighted by atomic mass is 32.1. The van der Waals surface area contributed by atoms with E-state index in [1.165, 1.54) is 0 Å². The molecule has 0 saturated heterocycles. The number of anilines is 1. The minimum absolute atomic E-state index is 0.00774. The van der Waals surface area contributed by atoms with E-state index in [-0.39, 0.29) is 12.6 Å². The molecule has 0 bridgehead atoms. The molecule has 3 aromatic heterocycles. The van der Waals surface area contributed by atoms with Crippen molar-refractivity contribution in [2.75, 3.05) is 11.9 Å². The number of benzene rings is 2. The lowest BCUT2D eigenvalue weighted by Crippen LogP contribution is -2.15. The van der Waals surface area contributed by atoms with E-state index in [9.17, 15) is 5.11 Å². The van der Waals surface area contributed by atoms with Crippen LogP contribution >= 0.6 is 11.3 Å². The Hall–Kier alpha value is -3.48. The number of rotatable bonds is 6. The third-order valence-corrected chi connectivity index (χ3v) is 6.30. The molecule has 6 heteroatoms. The Morgan fingerprint density at radius 3 is 2.71 bits per heavy atom. The summed E-state index contributed by atoms with van der Waals surface area (Å²) < 4.78 is 0. The highest BCUT2D eigenvalue weighted by Gasteiger charge is 2.15. The molecule has 0 unspecified atom stereocenters. The number of thiophene rings is 1. The van der Waals surface area contributed by atoms with Crippen molar-refractivity contribution in [3.05, 3.63) is 89.6 Å². The van der Waals surface area contributed by atoms with Crippen LogP contribution in [0, 0.1) is 6.92 Å². The minimum atomic E-state index is -0.206. The summed E-state index contributed by atoms with van der Waals surface area (Å²) in [7, 11) is 0. The zero-order chi connectivity index (χ0) is 21.2. The lowest BCUT2D eigenvalue weighted by Gasteiger charge is -2.19. The molecule has 0 radical (unpaired) electrons. The van der Waals surface area contributed by atoms with Crippen molar-refractivity contribution in [1.29, 1.82) is 0 Å². The number of nitrogens with zero attached hydrogens (tertiary/aromatic N) is 2. The van der Waals surface area contributed by atoms with Crippen LogP contribution in [0.4, 0.5) is 5.69 Å². The van der Waals surface area contributed by atoms with E-state index >= 15 is 0 Å². The van der Waals surface area contributed by atoms with E-state index < -0.39 is 0 Å². The van der Waals surface area contributed by atoms with Gasteiger partial charge in [-0.1, -0.05) is 42.5 Å². The van der Waals surface area contributed by atoms with Gasteiger partial charge in [-0.05, 0) is 47.7 Å². The predicted molar refractivity (Wildman–Crippen MR) is 127 cm³/mol. The first-order valence-electron chi connectivity index (χ1n) is 10.1. The van der Waals surface area contributed by atoms with E-state index in [2.05, 4.69) is 45.2 Å². The van der Waals surface area contributed by atoms with E-state index in [4.69, 9.17) is 4.98 Å². The third kappa shape index (κ3) is 3.83. The second-order valence-electron chi connectivity index (χ2n) is 7.47. The number of fused-ring (bicyclic) bond motifs is 1. The van der Waals surface area contributed by atoms with Gasteiger partial charge in [-0.25, -0.2) is 0 Å². The Bertz CT molecular complexity index is 1310. The maximum atomic E-state index is 9.97.